The second-order valence-electron chi connectivity index (χ2n) is 7.40. The Morgan fingerprint density at radius 3 is 2.83 bits per heavy atom. The van der Waals surface area contributed by atoms with E-state index in [0.29, 0.717) is 19.5 Å². The van der Waals surface area contributed by atoms with Crippen molar-refractivity contribution >= 4 is 12.0 Å². The van der Waals surface area contributed by atoms with Crippen LogP contribution in [0.3, 0.4) is 0 Å². The highest BCUT2D eigenvalue weighted by atomic mass is 16.4. The molecule has 2 amide bonds. The van der Waals surface area contributed by atoms with Crippen LogP contribution >= 0.6 is 0 Å². The van der Waals surface area contributed by atoms with E-state index in [9.17, 15) is 14.7 Å². The highest BCUT2D eigenvalue weighted by molar-refractivity contribution is 5.80. The first-order valence-corrected chi connectivity index (χ1v) is 8.86. The maximum absolute atomic E-state index is 12.5. The first kappa shape index (κ1) is 18.0. The summed E-state index contributed by atoms with van der Waals surface area (Å²) in [4.78, 5) is 28.1. The molecule has 1 heterocycles. The van der Waals surface area contributed by atoms with E-state index >= 15 is 0 Å². The first-order chi connectivity index (χ1) is 10.9. The summed E-state index contributed by atoms with van der Waals surface area (Å²) in [5.74, 6) is -0.615. The van der Waals surface area contributed by atoms with Gasteiger partial charge in [0.2, 0.25) is 0 Å². The number of likely N-dealkylation sites (N-methyl/N-ethyl adjacent to an activating group) is 1. The molecule has 0 aromatic heterocycles. The average molecular weight is 325 g/mol. The van der Waals surface area contributed by atoms with Gasteiger partial charge in [-0.05, 0) is 45.7 Å². The van der Waals surface area contributed by atoms with Crippen molar-refractivity contribution in [3.63, 3.8) is 0 Å². The van der Waals surface area contributed by atoms with Crippen LogP contribution in [-0.4, -0.2) is 66.2 Å². The van der Waals surface area contributed by atoms with Crippen LogP contribution in [0.4, 0.5) is 4.79 Å². The topological polar surface area (TPSA) is 72.9 Å². The van der Waals surface area contributed by atoms with Crippen LogP contribution in [0.15, 0.2) is 0 Å². The fourth-order valence-corrected chi connectivity index (χ4v) is 4.13. The van der Waals surface area contributed by atoms with Crippen molar-refractivity contribution in [2.45, 2.75) is 52.0 Å². The summed E-state index contributed by atoms with van der Waals surface area (Å²) >= 11 is 0. The number of carbonyl (C=O) groups excluding carboxylic acids is 1. The molecule has 0 radical (unpaired) electrons. The standard InChI is InChI=1S/C17H31N3O3/c1-4-5-9-19(3)10-13(2)18-16(23)20-11-14-7-6-8-17(14,12-20)15(21)22/h13-14H,4-12H2,1-3H3,(H,18,23)(H,21,22)/t13-,14-,17+/m0/s1. The maximum atomic E-state index is 12.5. The van der Waals surface area contributed by atoms with Crippen LogP contribution in [0.1, 0.15) is 46.0 Å². The number of likely N-dealkylation sites (tertiary alicyclic amines) is 1. The van der Waals surface area contributed by atoms with Crippen molar-refractivity contribution in [2.75, 3.05) is 33.2 Å². The molecule has 1 aliphatic heterocycles. The molecule has 2 aliphatic rings. The predicted molar refractivity (Wildman–Crippen MR) is 89.4 cm³/mol. The van der Waals surface area contributed by atoms with Crippen LogP contribution in [0, 0.1) is 11.3 Å². The van der Waals surface area contributed by atoms with Gasteiger partial charge in [-0.3, -0.25) is 4.79 Å². The molecule has 0 aromatic rings. The number of fused-ring (bicyclic) bond motifs is 1. The van der Waals surface area contributed by atoms with Crippen molar-refractivity contribution in [1.29, 1.82) is 0 Å². The van der Waals surface area contributed by atoms with Crippen molar-refractivity contribution in [1.82, 2.24) is 15.1 Å². The van der Waals surface area contributed by atoms with Gasteiger partial charge in [0.25, 0.3) is 0 Å². The maximum Gasteiger partial charge on any atom is 0.317 e. The lowest BCUT2D eigenvalue weighted by atomic mass is 9.81. The van der Waals surface area contributed by atoms with Gasteiger partial charge in [-0.1, -0.05) is 19.8 Å². The van der Waals surface area contributed by atoms with E-state index in [1.165, 1.54) is 0 Å². The van der Waals surface area contributed by atoms with Crippen LogP contribution < -0.4 is 5.32 Å². The highest BCUT2D eigenvalue weighted by Crippen LogP contribution is 2.48. The van der Waals surface area contributed by atoms with Gasteiger partial charge in [-0.25, -0.2) is 4.79 Å². The van der Waals surface area contributed by atoms with E-state index in [4.69, 9.17) is 0 Å². The van der Waals surface area contributed by atoms with Gasteiger partial charge in [0.05, 0.1) is 5.41 Å². The molecule has 1 aliphatic carbocycles. The minimum absolute atomic E-state index is 0.0607. The van der Waals surface area contributed by atoms with Crippen molar-refractivity contribution in [3.05, 3.63) is 0 Å². The third kappa shape index (κ3) is 3.97. The van der Waals surface area contributed by atoms with Crippen molar-refractivity contribution < 1.29 is 14.7 Å². The highest BCUT2D eigenvalue weighted by Gasteiger charge is 2.55. The van der Waals surface area contributed by atoms with E-state index in [2.05, 4.69) is 24.2 Å². The van der Waals surface area contributed by atoms with E-state index in [1.54, 1.807) is 4.90 Å². The van der Waals surface area contributed by atoms with Gasteiger partial charge in [0, 0.05) is 25.7 Å². The Morgan fingerprint density at radius 1 is 1.48 bits per heavy atom. The number of hydrogen-bond donors (Lipinski definition) is 2. The summed E-state index contributed by atoms with van der Waals surface area (Å²) in [7, 11) is 2.07. The molecular formula is C17H31N3O3. The largest absolute Gasteiger partial charge is 0.481 e. The molecule has 2 rings (SSSR count). The molecule has 1 saturated heterocycles. The smallest absolute Gasteiger partial charge is 0.317 e. The number of carboxylic acids is 1. The molecule has 6 nitrogen and oxygen atoms in total. The lowest BCUT2D eigenvalue weighted by molar-refractivity contribution is -0.149. The van der Waals surface area contributed by atoms with E-state index < -0.39 is 11.4 Å². The van der Waals surface area contributed by atoms with Gasteiger partial charge in [-0.15, -0.1) is 0 Å². The molecule has 0 unspecified atom stereocenters. The van der Waals surface area contributed by atoms with Gasteiger partial charge < -0.3 is 20.2 Å². The minimum atomic E-state index is -0.734. The second kappa shape index (κ2) is 7.51. The Kier molecular flexibility index (Phi) is 5.89. The molecule has 0 aromatic carbocycles. The molecular weight excluding hydrogens is 294 g/mol. The zero-order chi connectivity index (χ0) is 17.0. The third-order valence-corrected chi connectivity index (χ3v) is 5.43. The van der Waals surface area contributed by atoms with E-state index in [0.717, 1.165) is 38.8 Å². The molecule has 2 fully saturated rings. The quantitative estimate of drug-likeness (QED) is 0.751. The number of carbonyl (C=O) groups is 2. The monoisotopic (exact) mass is 325 g/mol. The molecule has 23 heavy (non-hydrogen) atoms. The van der Waals surface area contributed by atoms with Gasteiger partial charge in [0.1, 0.15) is 0 Å². The lowest BCUT2D eigenvalue weighted by Crippen LogP contribution is -2.47. The molecule has 132 valence electrons. The summed E-state index contributed by atoms with van der Waals surface area (Å²) < 4.78 is 0. The molecule has 2 N–H and O–H groups in total. The number of amides is 2. The minimum Gasteiger partial charge on any atom is -0.481 e. The van der Waals surface area contributed by atoms with Crippen molar-refractivity contribution in [2.24, 2.45) is 11.3 Å². The van der Waals surface area contributed by atoms with Crippen LogP contribution in [0.5, 0.6) is 0 Å². The number of carboxylic acid groups (broad SMARTS) is 1. The number of hydrogen-bond acceptors (Lipinski definition) is 3. The van der Waals surface area contributed by atoms with Crippen LogP contribution in [0.2, 0.25) is 0 Å². The second-order valence-corrected chi connectivity index (χ2v) is 7.40. The molecule has 1 saturated carbocycles. The Hall–Kier alpha value is -1.30. The number of urea groups is 1. The lowest BCUT2D eigenvalue weighted by Gasteiger charge is -2.26. The Balaban J connectivity index is 1.84. The summed E-state index contributed by atoms with van der Waals surface area (Å²) in [5.41, 5.74) is -0.696. The first-order valence-electron chi connectivity index (χ1n) is 8.86. The van der Waals surface area contributed by atoms with Gasteiger partial charge in [-0.2, -0.15) is 0 Å². The molecule has 0 spiro atoms. The van der Waals surface area contributed by atoms with Crippen LogP contribution in [0.25, 0.3) is 0 Å². The predicted octanol–water partition coefficient (Wildman–Crippen LogP) is 2.00. The van der Waals surface area contributed by atoms with Gasteiger partial charge in [0.15, 0.2) is 0 Å². The Morgan fingerprint density at radius 2 is 2.22 bits per heavy atom. The zero-order valence-corrected chi connectivity index (χ0v) is 14.7. The number of aliphatic carboxylic acids is 1. The summed E-state index contributed by atoms with van der Waals surface area (Å²) in [5, 5.41) is 12.6. The number of nitrogens with one attached hydrogen (secondary N) is 1. The molecule has 6 heteroatoms. The Labute approximate surface area is 139 Å². The summed E-state index contributed by atoms with van der Waals surface area (Å²) in [6, 6.07) is -0.0537. The van der Waals surface area contributed by atoms with E-state index in [-0.39, 0.29) is 18.0 Å². The molecule has 3 atom stereocenters. The summed E-state index contributed by atoms with van der Waals surface area (Å²) in [6.45, 7) is 6.96. The number of rotatable bonds is 7. The van der Waals surface area contributed by atoms with E-state index in [1.807, 2.05) is 6.92 Å². The zero-order valence-electron chi connectivity index (χ0n) is 14.7. The number of unbranched alkanes of at least 4 members (excludes halogenated alkanes) is 1. The molecule has 0 bridgehead atoms. The third-order valence-electron chi connectivity index (χ3n) is 5.43. The number of nitrogens with zero attached hydrogens (tertiary/aromatic N) is 2. The fraction of sp³-hybridized carbons (Fsp3) is 0.882. The Bertz CT molecular complexity index is 443. The van der Waals surface area contributed by atoms with Gasteiger partial charge >= 0.3 is 12.0 Å². The normalized spacial score (nSPS) is 28.0. The fourth-order valence-electron chi connectivity index (χ4n) is 4.13. The van der Waals surface area contributed by atoms with Crippen LogP contribution in [-0.2, 0) is 4.79 Å². The average Bonchev–Trinajstić information content (AvgIpc) is 3.02. The summed E-state index contributed by atoms with van der Waals surface area (Å²) in [6.07, 6.45) is 4.91. The SMILES string of the molecule is CCCCN(C)C[C@H](C)NC(=O)N1C[C@@H]2CCC[C@@]2(C(=O)O)C1. The van der Waals surface area contributed by atoms with Crippen molar-refractivity contribution in [3.8, 4) is 0 Å².